The van der Waals surface area contributed by atoms with Crippen molar-refractivity contribution < 1.29 is 4.39 Å². The zero-order chi connectivity index (χ0) is 14.0. The van der Waals surface area contributed by atoms with Crippen LogP contribution in [0.3, 0.4) is 0 Å². The fraction of sp³-hybridized carbons (Fsp3) is 0.250. The second-order valence-corrected chi connectivity index (χ2v) is 7.99. The molecule has 0 amide bonds. The first-order valence-electron chi connectivity index (χ1n) is 6.51. The van der Waals surface area contributed by atoms with Crippen molar-refractivity contribution in [1.29, 1.82) is 0 Å². The van der Waals surface area contributed by atoms with Gasteiger partial charge in [-0.05, 0) is 53.3 Å². The van der Waals surface area contributed by atoms with E-state index in [1.807, 2.05) is 47.8 Å². The molecule has 1 heterocycles. The third kappa shape index (κ3) is 2.72. The Hall–Kier alpha value is -0.640. The fourth-order valence-electron chi connectivity index (χ4n) is 2.37. The summed E-state index contributed by atoms with van der Waals surface area (Å²) in [7, 11) is 0. The number of hydrogen-bond donors (Lipinski definition) is 0. The van der Waals surface area contributed by atoms with Crippen LogP contribution in [0.5, 0.6) is 0 Å². The Kier molecular flexibility index (Phi) is 4.29. The maximum absolute atomic E-state index is 13.2. The highest BCUT2D eigenvalue weighted by Gasteiger charge is 2.37. The minimum Gasteiger partial charge on any atom is -0.207 e. The third-order valence-electron chi connectivity index (χ3n) is 3.35. The van der Waals surface area contributed by atoms with Crippen molar-refractivity contribution in [1.82, 2.24) is 0 Å². The SMILES string of the molecule is Fc1ccc(C2(c3ccc(Cl)cc3)SCCCS2)cc1. The van der Waals surface area contributed by atoms with Crippen molar-refractivity contribution in [3.8, 4) is 0 Å². The molecule has 3 rings (SSSR count). The summed E-state index contributed by atoms with van der Waals surface area (Å²) in [6, 6.07) is 14.9. The molecular weight excluding hydrogens is 311 g/mol. The van der Waals surface area contributed by atoms with Gasteiger partial charge in [-0.15, -0.1) is 23.5 Å². The highest BCUT2D eigenvalue weighted by Crippen LogP contribution is 2.54. The Morgan fingerprint density at radius 1 is 0.850 bits per heavy atom. The van der Waals surface area contributed by atoms with Gasteiger partial charge in [0.05, 0.1) is 0 Å². The lowest BCUT2D eigenvalue weighted by molar-refractivity contribution is 0.627. The lowest BCUT2D eigenvalue weighted by atomic mass is 10.0. The molecule has 1 aliphatic heterocycles. The van der Waals surface area contributed by atoms with Gasteiger partial charge in [-0.2, -0.15) is 0 Å². The lowest BCUT2D eigenvalue weighted by Crippen LogP contribution is -2.24. The summed E-state index contributed by atoms with van der Waals surface area (Å²) >= 11 is 9.85. The highest BCUT2D eigenvalue weighted by atomic mass is 35.5. The Morgan fingerprint density at radius 2 is 1.35 bits per heavy atom. The van der Waals surface area contributed by atoms with Crippen molar-refractivity contribution in [2.45, 2.75) is 10.5 Å². The van der Waals surface area contributed by atoms with Crippen molar-refractivity contribution >= 4 is 35.1 Å². The van der Waals surface area contributed by atoms with E-state index >= 15 is 0 Å². The van der Waals surface area contributed by atoms with E-state index in [1.54, 1.807) is 12.1 Å². The summed E-state index contributed by atoms with van der Waals surface area (Å²) in [6.45, 7) is 0. The molecule has 0 aromatic heterocycles. The van der Waals surface area contributed by atoms with Crippen LogP contribution in [-0.4, -0.2) is 11.5 Å². The average molecular weight is 325 g/mol. The topological polar surface area (TPSA) is 0 Å². The molecule has 0 N–H and O–H groups in total. The molecule has 0 nitrogen and oxygen atoms in total. The smallest absolute Gasteiger partial charge is 0.123 e. The van der Waals surface area contributed by atoms with Gasteiger partial charge in [0, 0.05) is 5.02 Å². The van der Waals surface area contributed by atoms with E-state index in [0.717, 1.165) is 22.1 Å². The highest BCUT2D eigenvalue weighted by molar-refractivity contribution is 8.18. The maximum Gasteiger partial charge on any atom is 0.123 e. The summed E-state index contributed by atoms with van der Waals surface area (Å²) in [6.07, 6.45) is 1.21. The molecule has 0 atom stereocenters. The zero-order valence-electron chi connectivity index (χ0n) is 10.8. The molecule has 0 radical (unpaired) electrons. The molecule has 4 heteroatoms. The molecular formula is C16H14ClFS2. The quantitative estimate of drug-likeness (QED) is 0.710. The van der Waals surface area contributed by atoms with Gasteiger partial charge in [0.15, 0.2) is 0 Å². The number of halogens is 2. The van der Waals surface area contributed by atoms with Gasteiger partial charge in [0.1, 0.15) is 9.90 Å². The Bertz CT molecular complexity index is 527. The van der Waals surface area contributed by atoms with E-state index in [0.29, 0.717) is 0 Å². The maximum atomic E-state index is 13.2. The third-order valence-corrected chi connectivity index (χ3v) is 7.05. The Labute approximate surface area is 132 Å². The molecule has 0 unspecified atom stereocenters. The van der Waals surface area contributed by atoms with Crippen LogP contribution in [0, 0.1) is 5.82 Å². The van der Waals surface area contributed by atoms with Gasteiger partial charge in [-0.25, -0.2) is 4.39 Å². The first kappa shape index (κ1) is 14.3. The van der Waals surface area contributed by atoms with Crippen molar-refractivity contribution in [3.63, 3.8) is 0 Å². The largest absolute Gasteiger partial charge is 0.207 e. The van der Waals surface area contributed by atoms with Crippen molar-refractivity contribution in [3.05, 3.63) is 70.5 Å². The van der Waals surface area contributed by atoms with Crippen LogP contribution in [0.2, 0.25) is 5.02 Å². The molecule has 1 aliphatic rings. The minimum absolute atomic E-state index is 0.142. The van der Waals surface area contributed by atoms with Gasteiger partial charge in [0.2, 0.25) is 0 Å². The normalized spacial score (nSPS) is 17.9. The molecule has 20 heavy (non-hydrogen) atoms. The summed E-state index contributed by atoms with van der Waals surface area (Å²) in [5, 5.41) is 0.744. The minimum atomic E-state index is -0.189. The second kappa shape index (κ2) is 6.00. The van der Waals surface area contributed by atoms with Gasteiger partial charge >= 0.3 is 0 Å². The first-order valence-corrected chi connectivity index (χ1v) is 8.86. The van der Waals surface area contributed by atoms with Crippen LogP contribution < -0.4 is 0 Å². The molecule has 2 aromatic rings. The van der Waals surface area contributed by atoms with E-state index < -0.39 is 0 Å². The van der Waals surface area contributed by atoms with Crippen LogP contribution in [0.4, 0.5) is 4.39 Å². The second-order valence-electron chi connectivity index (χ2n) is 4.68. The lowest BCUT2D eigenvalue weighted by Gasteiger charge is -2.37. The summed E-state index contributed by atoms with van der Waals surface area (Å²) < 4.78 is 13.1. The number of benzene rings is 2. The molecule has 1 fully saturated rings. The molecule has 0 saturated carbocycles. The van der Waals surface area contributed by atoms with Crippen LogP contribution in [0.1, 0.15) is 17.5 Å². The van der Waals surface area contributed by atoms with Crippen LogP contribution in [-0.2, 0) is 4.08 Å². The number of hydrogen-bond acceptors (Lipinski definition) is 2. The Morgan fingerprint density at radius 3 is 1.90 bits per heavy atom. The van der Waals surface area contributed by atoms with Crippen molar-refractivity contribution in [2.24, 2.45) is 0 Å². The van der Waals surface area contributed by atoms with Gasteiger partial charge in [-0.3, -0.25) is 0 Å². The predicted molar refractivity (Wildman–Crippen MR) is 88.2 cm³/mol. The summed E-state index contributed by atoms with van der Waals surface area (Å²) in [5.74, 6) is 2.05. The number of rotatable bonds is 2. The fourth-order valence-corrected chi connectivity index (χ4v) is 5.88. The molecule has 1 saturated heterocycles. The predicted octanol–water partition coefficient (Wildman–Crippen LogP) is 5.55. The van der Waals surface area contributed by atoms with Crippen LogP contribution in [0.25, 0.3) is 0 Å². The van der Waals surface area contributed by atoms with E-state index in [4.69, 9.17) is 11.6 Å². The molecule has 0 aliphatic carbocycles. The van der Waals surface area contributed by atoms with Gasteiger partial charge < -0.3 is 0 Å². The van der Waals surface area contributed by atoms with E-state index in [1.165, 1.54) is 12.0 Å². The summed E-state index contributed by atoms with van der Waals surface area (Å²) in [5.41, 5.74) is 2.37. The van der Waals surface area contributed by atoms with E-state index in [-0.39, 0.29) is 9.90 Å². The molecule has 0 bridgehead atoms. The van der Waals surface area contributed by atoms with E-state index in [9.17, 15) is 4.39 Å². The van der Waals surface area contributed by atoms with Gasteiger partial charge in [-0.1, -0.05) is 35.9 Å². The average Bonchev–Trinajstić information content (AvgIpc) is 2.49. The van der Waals surface area contributed by atoms with Crippen LogP contribution >= 0.6 is 35.1 Å². The summed E-state index contributed by atoms with van der Waals surface area (Å²) in [4.78, 5) is 0. The Balaban J connectivity index is 2.08. The van der Waals surface area contributed by atoms with Crippen molar-refractivity contribution in [2.75, 3.05) is 11.5 Å². The molecule has 2 aromatic carbocycles. The van der Waals surface area contributed by atoms with E-state index in [2.05, 4.69) is 12.1 Å². The van der Waals surface area contributed by atoms with Gasteiger partial charge in [0.25, 0.3) is 0 Å². The first-order chi connectivity index (χ1) is 9.71. The zero-order valence-corrected chi connectivity index (χ0v) is 13.2. The standard InChI is InChI=1S/C16H14ClFS2/c17-14-6-2-12(3-7-14)16(19-10-1-11-20-16)13-4-8-15(18)9-5-13/h2-9H,1,10-11H2. The molecule has 0 spiro atoms. The van der Waals surface area contributed by atoms with Crippen LogP contribution in [0.15, 0.2) is 48.5 Å². The molecule has 104 valence electrons. The number of thioether (sulfide) groups is 2. The monoisotopic (exact) mass is 324 g/mol.